The van der Waals surface area contributed by atoms with Gasteiger partial charge in [0.15, 0.2) is 0 Å². The van der Waals surface area contributed by atoms with Gasteiger partial charge in [-0.05, 0) is 72.7 Å². The van der Waals surface area contributed by atoms with Crippen molar-refractivity contribution in [1.29, 1.82) is 0 Å². The molecule has 2 nitrogen and oxygen atoms in total. The molecular formula is C14H20BrNO. The van der Waals surface area contributed by atoms with Crippen molar-refractivity contribution in [2.24, 2.45) is 11.7 Å². The lowest BCUT2D eigenvalue weighted by molar-refractivity contribution is 0.297. The zero-order chi connectivity index (χ0) is 12.5. The molecule has 1 saturated carbocycles. The van der Waals surface area contributed by atoms with E-state index in [1.54, 1.807) is 0 Å². The second-order valence-electron chi connectivity index (χ2n) is 5.68. The molecule has 2 rings (SSSR count). The molecule has 0 aromatic heterocycles. The topological polar surface area (TPSA) is 35.2 Å². The molecule has 0 amide bonds. The minimum Gasteiger partial charge on any atom is -0.492 e. The summed E-state index contributed by atoms with van der Waals surface area (Å²) in [5.41, 5.74) is 7.08. The molecule has 1 aliphatic carbocycles. The van der Waals surface area contributed by atoms with Gasteiger partial charge in [0.2, 0.25) is 0 Å². The summed E-state index contributed by atoms with van der Waals surface area (Å²) < 4.78 is 6.85. The van der Waals surface area contributed by atoms with Crippen LogP contribution in [0.4, 0.5) is 0 Å². The Bertz CT molecular complexity index is 394. The summed E-state index contributed by atoms with van der Waals surface area (Å²) in [5.74, 6) is 1.72. The summed E-state index contributed by atoms with van der Waals surface area (Å²) >= 11 is 3.52. The fourth-order valence-corrected chi connectivity index (χ4v) is 2.15. The Labute approximate surface area is 112 Å². The molecule has 3 heteroatoms. The van der Waals surface area contributed by atoms with Crippen molar-refractivity contribution in [1.82, 2.24) is 0 Å². The van der Waals surface area contributed by atoms with E-state index in [1.165, 1.54) is 18.4 Å². The number of ether oxygens (including phenoxy) is 1. The SMILES string of the molecule is CC(C)(N)Cc1ccc(Br)c(OCC2CC2)c1. The Morgan fingerprint density at radius 2 is 2.12 bits per heavy atom. The van der Waals surface area contributed by atoms with Crippen LogP contribution < -0.4 is 10.5 Å². The van der Waals surface area contributed by atoms with Crippen LogP contribution in [0.5, 0.6) is 5.75 Å². The number of hydrogen-bond acceptors (Lipinski definition) is 2. The molecule has 0 heterocycles. The van der Waals surface area contributed by atoms with Crippen LogP contribution in [-0.4, -0.2) is 12.1 Å². The predicted octanol–water partition coefficient (Wildman–Crippen LogP) is 3.52. The molecule has 0 aliphatic heterocycles. The van der Waals surface area contributed by atoms with Gasteiger partial charge in [0.05, 0.1) is 11.1 Å². The third kappa shape index (κ3) is 4.32. The Hall–Kier alpha value is -0.540. The third-order valence-electron chi connectivity index (χ3n) is 2.83. The molecule has 1 aromatic carbocycles. The van der Waals surface area contributed by atoms with Gasteiger partial charge in [0.1, 0.15) is 5.75 Å². The minimum absolute atomic E-state index is 0.179. The first-order chi connectivity index (χ1) is 7.94. The summed E-state index contributed by atoms with van der Waals surface area (Å²) in [5, 5.41) is 0. The van der Waals surface area contributed by atoms with Gasteiger partial charge in [-0.25, -0.2) is 0 Å². The maximum Gasteiger partial charge on any atom is 0.133 e. The first-order valence-corrected chi connectivity index (χ1v) is 6.93. The van der Waals surface area contributed by atoms with Crippen LogP contribution in [0, 0.1) is 5.92 Å². The summed E-state index contributed by atoms with van der Waals surface area (Å²) in [7, 11) is 0. The highest BCUT2D eigenvalue weighted by atomic mass is 79.9. The zero-order valence-electron chi connectivity index (χ0n) is 10.5. The van der Waals surface area contributed by atoms with E-state index in [-0.39, 0.29) is 5.54 Å². The van der Waals surface area contributed by atoms with Crippen molar-refractivity contribution < 1.29 is 4.74 Å². The highest BCUT2D eigenvalue weighted by Gasteiger charge is 2.22. The van der Waals surface area contributed by atoms with Gasteiger partial charge in [-0.2, -0.15) is 0 Å². The van der Waals surface area contributed by atoms with E-state index in [0.29, 0.717) is 0 Å². The molecular weight excluding hydrogens is 278 g/mol. The zero-order valence-corrected chi connectivity index (χ0v) is 12.1. The van der Waals surface area contributed by atoms with Gasteiger partial charge < -0.3 is 10.5 Å². The Balaban J connectivity index is 2.05. The van der Waals surface area contributed by atoms with Gasteiger partial charge in [0.25, 0.3) is 0 Å². The summed E-state index contributed by atoms with van der Waals surface area (Å²) in [6, 6.07) is 6.24. The average Bonchev–Trinajstić information content (AvgIpc) is 3.00. The molecule has 0 saturated heterocycles. The van der Waals surface area contributed by atoms with Gasteiger partial charge >= 0.3 is 0 Å². The molecule has 0 atom stereocenters. The van der Waals surface area contributed by atoms with Crippen molar-refractivity contribution in [3.8, 4) is 5.75 Å². The van der Waals surface area contributed by atoms with Crippen LogP contribution >= 0.6 is 15.9 Å². The Morgan fingerprint density at radius 1 is 1.41 bits per heavy atom. The molecule has 0 spiro atoms. The van der Waals surface area contributed by atoms with Crippen molar-refractivity contribution in [3.63, 3.8) is 0 Å². The first kappa shape index (κ1) is 12.9. The van der Waals surface area contributed by atoms with E-state index in [2.05, 4.69) is 28.1 Å². The molecule has 17 heavy (non-hydrogen) atoms. The fraction of sp³-hybridized carbons (Fsp3) is 0.571. The minimum atomic E-state index is -0.179. The van der Waals surface area contributed by atoms with E-state index >= 15 is 0 Å². The summed E-state index contributed by atoms with van der Waals surface area (Å²) in [6.07, 6.45) is 3.49. The maximum atomic E-state index is 6.04. The normalized spacial score (nSPS) is 16.0. The number of benzene rings is 1. The van der Waals surface area contributed by atoms with Crippen molar-refractivity contribution in [3.05, 3.63) is 28.2 Å². The number of rotatable bonds is 5. The van der Waals surface area contributed by atoms with Crippen LogP contribution in [-0.2, 0) is 6.42 Å². The van der Waals surface area contributed by atoms with E-state index in [9.17, 15) is 0 Å². The first-order valence-electron chi connectivity index (χ1n) is 6.14. The van der Waals surface area contributed by atoms with Crippen LogP contribution in [0.3, 0.4) is 0 Å². The third-order valence-corrected chi connectivity index (χ3v) is 3.48. The Kier molecular flexibility index (Phi) is 3.79. The summed E-state index contributed by atoms with van der Waals surface area (Å²) in [4.78, 5) is 0. The van der Waals surface area contributed by atoms with Gasteiger partial charge in [0, 0.05) is 5.54 Å². The number of halogens is 1. The molecule has 94 valence electrons. The van der Waals surface area contributed by atoms with Crippen molar-refractivity contribution in [2.45, 2.75) is 38.6 Å². The van der Waals surface area contributed by atoms with E-state index in [1.807, 2.05) is 19.9 Å². The quantitative estimate of drug-likeness (QED) is 0.902. The highest BCUT2D eigenvalue weighted by Crippen LogP contribution is 2.32. The average molecular weight is 298 g/mol. The lowest BCUT2D eigenvalue weighted by atomic mass is 9.96. The van der Waals surface area contributed by atoms with E-state index < -0.39 is 0 Å². The monoisotopic (exact) mass is 297 g/mol. The number of nitrogens with two attached hydrogens (primary N) is 1. The largest absolute Gasteiger partial charge is 0.492 e. The molecule has 1 aliphatic rings. The van der Waals surface area contributed by atoms with Crippen LogP contribution in [0.25, 0.3) is 0 Å². The molecule has 2 N–H and O–H groups in total. The summed E-state index contributed by atoms with van der Waals surface area (Å²) in [6.45, 7) is 4.92. The predicted molar refractivity (Wildman–Crippen MR) is 74.3 cm³/mol. The second kappa shape index (κ2) is 4.99. The van der Waals surface area contributed by atoms with E-state index in [4.69, 9.17) is 10.5 Å². The smallest absolute Gasteiger partial charge is 0.133 e. The fourth-order valence-electron chi connectivity index (χ4n) is 1.79. The molecule has 1 fully saturated rings. The number of hydrogen-bond donors (Lipinski definition) is 1. The second-order valence-corrected chi connectivity index (χ2v) is 6.54. The highest BCUT2D eigenvalue weighted by molar-refractivity contribution is 9.10. The van der Waals surface area contributed by atoms with Crippen LogP contribution in [0.15, 0.2) is 22.7 Å². The van der Waals surface area contributed by atoms with Crippen molar-refractivity contribution in [2.75, 3.05) is 6.61 Å². The Morgan fingerprint density at radius 3 is 2.71 bits per heavy atom. The lowest BCUT2D eigenvalue weighted by Gasteiger charge is -2.19. The molecule has 0 bridgehead atoms. The van der Waals surface area contributed by atoms with Crippen molar-refractivity contribution >= 4 is 15.9 Å². The lowest BCUT2D eigenvalue weighted by Crippen LogP contribution is -2.34. The maximum absolute atomic E-state index is 6.04. The van der Waals surface area contributed by atoms with Crippen LogP contribution in [0.2, 0.25) is 0 Å². The van der Waals surface area contributed by atoms with Crippen LogP contribution in [0.1, 0.15) is 32.3 Å². The van der Waals surface area contributed by atoms with Gasteiger partial charge in [-0.1, -0.05) is 6.07 Å². The van der Waals surface area contributed by atoms with E-state index in [0.717, 1.165) is 29.2 Å². The van der Waals surface area contributed by atoms with Gasteiger partial charge in [-0.15, -0.1) is 0 Å². The molecule has 0 radical (unpaired) electrons. The standard InChI is InChI=1S/C14H20BrNO/c1-14(2,16)8-11-5-6-12(15)13(7-11)17-9-10-3-4-10/h5-7,10H,3-4,8-9,16H2,1-2H3. The molecule has 0 unspecified atom stereocenters. The molecule has 1 aromatic rings. The van der Waals surface area contributed by atoms with Gasteiger partial charge in [-0.3, -0.25) is 0 Å².